The molecule has 0 aliphatic carbocycles. The lowest BCUT2D eigenvalue weighted by Crippen LogP contribution is -1.92. The first-order chi connectivity index (χ1) is 13.8. The third-order valence-corrected chi connectivity index (χ3v) is 6.00. The molecule has 5 rings (SSSR count). The zero-order chi connectivity index (χ0) is 18.9. The first-order valence-corrected chi connectivity index (χ1v) is 10.2. The van der Waals surface area contributed by atoms with Gasteiger partial charge in [0.2, 0.25) is 0 Å². The molecule has 0 atom stereocenters. The Labute approximate surface area is 171 Å². The largest absolute Gasteiger partial charge is 0.277 e. The smallest absolute Gasteiger partial charge is 0.0984 e. The molecule has 0 amide bonds. The lowest BCUT2D eigenvalue weighted by atomic mass is 10.00. The van der Waals surface area contributed by atoms with Crippen LogP contribution in [-0.4, -0.2) is 15.2 Å². The van der Waals surface area contributed by atoms with Crippen molar-refractivity contribution in [1.29, 1.82) is 0 Å². The third kappa shape index (κ3) is 3.21. The highest BCUT2D eigenvalue weighted by atomic mass is 35.5. The number of H-pyrrole nitrogens is 1. The van der Waals surface area contributed by atoms with Crippen molar-refractivity contribution in [2.45, 2.75) is 6.42 Å². The predicted octanol–water partition coefficient (Wildman–Crippen LogP) is 6.60. The molecule has 1 N–H and O–H groups in total. The number of fused-ring (bicyclic) bond motifs is 1. The van der Waals surface area contributed by atoms with Crippen LogP contribution in [0, 0.1) is 0 Å². The van der Waals surface area contributed by atoms with Gasteiger partial charge in [-0.05, 0) is 29.8 Å². The molecule has 0 aliphatic heterocycles. The average molecular weight is 402 g/mol. The summed E-state index contributed by atoms with van der Waals surface area (Å²) in [7, 11) is 0. The van der Waals surface area contributed by atoms with Crippen LogP contribution in [0.15, 0.2) is 78.9 Å². The molecule has 0 fully saturated rings. The van der Waals surface area contributed by atoms with Gasteiger partial charge in [0, 0.05) is 22.6 Å². The summed E-state index contributed by atoms with van der Waals surface area (Å²) < 4.78 is 1.20. The Balaban J connectivity index is 1.64. The molecule has 2 heterocycles. The highest BCUT2D eigenvalue weighted by Gasteiger charge is 2.18. The summed E-state index contributed by atoms with van der Waals surface area (Å²) in [5, 5.41) is 9.70. The summed E-state index contributed by atoms with van der Waals surface area (Å²) >= 11 is 7.81. The van der Waals surface area contributed by atoms with E-state index in [0.29, 0.717) is 0 Å². The number of aromatic amines is 1. The molecule has 0 bridgehead atoms. The zero-order valence-corrected chi connectivity index (χ0v) is 16.5. The lowest BCUT2D eigenvalue weighted by molar-refractivity contribution is 1.10. The molecule has 3 aromatic carbocycles. The Morgan fingerprint density at radius 3 is 2.36 bits per heavy atom. The van der Waals surface area contributed by atoms with Gasteiger partial charge in [-0.3, -0.25) is 5.10 Å². The molecule has 28 heavy (non-hydrogen) atoms. The quantitative estimate of drug-likeness (QED) is 0.368. The van der Waals surface area contributed by atoms with Gasteiger partial charge in [-0.1, -0.05) is 66.2 Å². The van der Waals surface area contributed by atoms with Crippen LogP contribution in [0.2, 0.25) is 5.02 Å². The van der Waals surface area contributed by atoms with Gasteiger partial charge in [0.15, 0.2) is 0 Å². The van der Waals surface area contributed by atoms with E-state index in [1.807, 2.05) is 48.5 Å². The van der Waals surface area contributed by atoms with Crippen molar-refractivity contribution < 1.29 is 0 Å². The van der Waals surface area contributed by atoms with Gasteiger partial charge in [-0.2, -0.15) is 5.10 Å². The van der Waals surface area contributed by atoms with Crippen molar-refractivity contribution in [3.05, 3.63) is 94.5 Å². The number of rotatable bonds is 4. The average Bonchev–Trinajstić information content (AvgIpc) is 3.33. The van der Waals surface area contributed by atoms with Gasteiger partial charge in [0.25, 0.3) is 0 Å². The molecule has 0 saturated carbocycles. The number of hydrogen-bond donors (Lipinski definition) is 1. The normalized spacial score (nSPS) is 11.2. The summed E-state index contributed by atoms with van der Waals surface area (Å²) in [6.07, 6.45) is 0.720. The van der Waals surface area contributed by atoms with Gasteiger partial charge in [-0.15, -0.1) is 11.3 Å². The predicted molar refractivity (Wildman–Crippen MR) is 117 cm³/mol. The van der Waals surface area contributed by atoms with Crippen LogP contribution in [0.5, 0.6) is 0 Å². The lowest BCUT2D eigenvalue weighted by Gasteiger charge is -2.05. The highest BCUT2D eigenvalue weighted by Crippen LogP contribution is 2.34. The van der Waals surface area contributed by atoms with Gasteiger partial charge in [-0.25, -0.2) is 4.98 Å². The van der Waals surface area contributed by atoms with Crippen LogP contribution < -0.4 is 0 Å². The maximum absolute atomic E-state index is 6.08. The highest BCUT2D eigenvalue weighted by molar-refractivity contribution is 7.18. The molecule has 5 heteroatoms. The van der Waals surface area contributed by atoms with Crippen LogP contribution in [0.3, 0.4) is 0 Å². The van der Waals surface area contributed by atoms with Gasteiger partial charge >= 0.3 is 0 Å². The Morgan fingerprint density at radius 2 is 1.57 bits per heavy atom. The second kappa shape index (κ2) is 7.23. The van der Waals surface area contributed by atoms with Gasteiger partial charge < -0.3 is 0 Å². The van der Waals surface area contributed by atoms with E-state index in [2.05, 4.69) is 40.5 Å². The van der Waals surface area contributed by atoms with E-state index >= 15 is 0 Å². The monoisotopic (exact) mass is 401 g/mol. The standard InChI is InChI=1S/C23H16ClN3S/c24-17-12-10-16(11-13-17)23-18(22(26-27-23)15-6-2-1-3-7-15)14-21-25-19-8-4-5-9-20(19)28-21/h1-13H,14H2,(H,26,27). The molecule has 136 valence electrons. The fraction of sp³-hybridized carbons (Fsp3) is 0.0435. The number of aromatic nitrogens is 3. The summed E-state index contributed by atoms with van der Waals surface area (Å²) in [4.78, 5) is 4.83. The Hall–Kier alpha value is -2.95. The van der Waals surface area contributed by atoms with Crippen molar-refractivity contribution in [3.63, 3.8) is 0 Å². The second-order valence-corrected chi connectivity index (χ2v) is 8.10. The van der Waals surface area contributed by atoms with Crippen molar-refractivity contribution in [2.75, 3.05) is 0 Å². The minimum Gasteiger partial charge on any atom is -0.277 e. The number of nitrogens with one attached hydrogen (secondary N) is 1. The summed E-state index contributed by atoms with van der Waals surface area (Å²) in [5.74, 6) is 0. The molecule has 3 nitrogen and oxygen atoms in total. The Bertz CT molecular complexity index is 1210. The summed E-state index contributed by atoms with van der Waals surface area (Å²) in [5.41, 5.74) is 6.32. The van der Waals surface area contributed by atoms with Crippen molar-refractivity contribution in [3.8, 4) is 22.5 Å². The van der Waals surface area contributed by atoms with E-state index < -0.39 is 0 Å². The molecule has 0 saturated heterocycles. The van der Waals surface area contributed by atoms with Gasteiger partial charge in [0.05, 0.1) is 26.6 Å². The molecule has 5 aromatic rings. The van der Waals surface area contributed by atoms with Crippen molar-refractivity contribution >= 4 is 33.2 Å². The second-order valence-electron chi connectivity index (χ2n) is 6.55. The molecular formula is C23H16ClN3S. The number of hydrogen-bond acceptors (Lipinski definition) is 3. The molecule has 0 spiro atoms. The summed E-state index contributed by atoms with van der Waals surface area (Å²) in [6, 6.07) is 26.4. The Morgan fingerprint density at radius 1 is 0.821 bits per heavy atom. The van der Waals surface area contributed by atoms with E-state index in [1.54, 1.807) is 11.3 Å². The molecule has 0 aliphatic rings. The fourth-order valence-corrected chi connectivity index (χ4v) is 4.48. The van der Waals surface area contributed by atoms with E-state index in [9.17, 15) is 0 Å². The van der Waals surface area contributed by atoms with Crippen LogP contribution in [0.1, 0.15) is 10.6 Å². The third-order valence-electron chi connectivity index (χ3n) is 4.71. The molecule has 0 radical (unpaired) electrons. The number of para-hydroxylation sites is 1. The molecule has 0 unspecified atom stereocenters. The van der Waals surface area contributed by atoms with Gasteiger partial charge in [0.1, 0.15) is 0 Å². The fourth-order valence-electron chi connectivity index (χ4n) is 3.37. The molecular weight excluding hydrogens is 386 g/mol. The zero-order valence-electron chi connectivity index (χ0n) is 14.9. The van der Waals surface area contributed by atoms with E-state index in [1.165, 1.54) is 4.70 Å². The van der Waals surface area contributed by atoms with Crippen molar-refractivity contribution in [1.82, 2.24) is 15.2 Å². The van der Waals surface area contributed by atoms with Crippen LogP contribution in [-0.2, 0) is 6.42 Å². The first kappa shape index (κ1) is 17.2. The van der Waals surface area contributed by atoms with E-state index in [0.717, 1.165) is 50.0 Å². The van der Waals surface area contributed by atoms with Crippen LogP contribution >= 0.6 is 22.9 Å². The number of halogens is 1. The minimum atomic E-state index is 0.720. The molecule has 2 aromatic heterocycles. The van der Waals surface area contributed by atoms with Crippen LogP contribution in [0.25, 0.3) is 32.7 Å². The SMILES string of the molecule is Clc1ccc(-c2[nH]nc(-c3ccccc3)c2Cc2nc3ccccc3s2)cc1. The number of thiazole rings is 1. The van der Waals surface area contributed by atoms with Crippen molar-refractivity contribution in [2.24, 2.45) is 0 Å². The van der Waals surface area contributed by atoms with E-state index in [-0.39, 0.29) is 0 Å². The van der Waals surface area contributed by atoms with Crippen LogP contribution in [0.4, 0.5) is 0 Å². The number of benzene rings is 3. The maximum Gasteiger partial charge on any atom is 0.0984 e. The summed E-state index contributed by atoms with van der Waals surface area (Å²) in [6.45, 7) is 0. The Kier molecular flexibility index (Phi) is 4.43. The first-order valence-electron chi connectivity index (χ1n) is 9.01. The number of nitrogens with zero attached hydrogens (tertiary/aromatic N) is 2. The topological polar surface area (TPSA) is 41.6 Å². The maximum atomic E-state index is 6.08. The van der Waals surface area contributed by atoms with E-state index in [4.69, 9.17) is 16.6 Å². The minimum absolute atomic E-state index is 0.720.